The molecule has 1 aliphatic carbocycles. The van der Waals surface area contributed by atoms with Crippen molar-refractivity contribution in [2.45, 2.75) is 19.8 Å². The zero-order valence-electron chi connectivity index (χ0n) is 14.4. The van der Waals surface area contributed by atoms with Crippen LogP contribution in [0.15, 0.2) is 24.3 Å². The summed E-state index contributed by atoms with van der Waals surface area (Å²) in [7, 11) is 0. The van der Waals surface area contributed by atoms with Crippen molar-refractivity contribution in [1.82, 2.24) is 0 Å². The first kappa shape index (κ1) is 19.0. The molecule has 0 bridgehead atoms. The molecule has 0 unspecified atom stereocenters. The maximum absolute atomic E-state index is 14.2. The number of ketones is 4. The summed E-state index contributed by atoms with van der Waals surface area (Å²) in [5.74, 6) is -7.51. The van der Waals surface area contributed by atoms with Crippen LogP contribution in [0.4, 0.5) is 8.78 Å². The first-order valence-electron chi connectivity index (χ1n) is 7.99. The first-order chi connectivity index (χ1) is 13.1. The van der Waals surface area contributed by atoms with Gasteiger partial charge in [0.15, 0.2) is 11.6 Å². The smallest absolute Gasteiger partial charge is 0.294 e. The van der Waals surface area contributed by atoms with E-state index in [0.717, 1.165) is 34.0 Å². The molecule has 1 aliphatic rings. The Bertz CT molecular complexity index is 1110. The molecule has 0 radical (unpaired) electrons. The molecule has 0 spiro atoms. The van der Waals surface area contributed by atoms with Crippen LogP contribution in [0.3, 0.4) is 0 Å². The predicted molar refractivity (Wildman–Crippen MR) is 105 cm³/mol. The van der Waals surface area contributed by atoms with Gasteiger partial charge in [-0.2, -0.15) is 8.78 Å². The lowest BCUT2D eigenvalue weighted by atomic mass is 10.1. The number of hydrogen-bond acceptors (Lipinski definition) is 7. The van der Waals surface area contributed by atoms with Gasteiger partial charge >= 0.3 is 5.92 Å². The van der Waals surface area contributed by atoms with E-state index >= 15 is 0 Å². The molecule has 9 heteroatoms. The van der Waals surface area contributed by atoms with Gasteiger partial charge < -0.3 is 0 Å². The second-order valence-corrected chi connectivity index (χ2v) is 9.37. The third kappa shape index (κ3) is 2.65. The van der Waals surface area contributed by atoms with Gasteiger partial charge in [-0.1, -0.05) is 0 Å². The Morgan fingerprint density at radius 1 is 0.750 bits per heavy atom. The lowest BCUT2D eigenvalue weighted by molar-refractivity contribution is 0.0189. The van der Waals surface area contributed by atoms with Gasteiger partial charge in [-0.3, -0.25) is 19.2 Å². The normalized spacial score (nSPS) is 15.1. The van der Waals surface area contributed by atoms with Crippen LogP contribution in [0.1, 0.15) is 53.9 Å². The molecule has 0 N–H and O–H groups in total. The quantitative estimate of drug-likeness (QED) is 0.393. The van der Waals surface area contributed by atoms with Crippen LogP contribution in [-0.2, 0) is 0 Å². The van der Waals surface area contributed by atoms with Gasteiger partial charge in [0.2, 0.25) is 11.6 Å². The minimum atomic E-state index is -4.11. The van der Waals surface area contributed by atoms with E-state index in [0.29, 0.717) is 19.5 Å². The molecular weight excluding hydrogens is 426 g/mol. The van der Waals surface area contributed by atoms with Crippen molar-refractivity contribution in [2.75, 3.05) is 0 Å². The van der Waals surface area contributed by atoms with Gasteiger partial charge in [-0.15, -0.1) is 34.0 Å². The Hall–Kier alpha value is -2.36. The number of halogens is 2. The Morgan fingerprint density at radius 3 is 1.46 bits per heavy atom. The summed E-state index contributed by atoms with van der Waals surface area (Å²) in [6.45, 7) is 2.77. The van der Waals surface area contributed by atoms with Crippen LogP contribution in [0.25, 0.3) is 19.5 Å². The van der Waals surface area contributed by atoms with Crippen LogP contribution >= 0.6 is 34.0 Å². The largest absolute Gasteiger partial charge is 0.371 e. The van der Waals surface area contributed by atoms with E-state index in [4.69, 9.17) is 0 Å². The molecule has 3 heterocycles. The van der Waals surface area contributed by atoms with Gasteiger partial charge in [0, 0.05) is 9.75 Å². The van der Waals surface area contributed by atoms with E-state index in [2.05, 4.69) is 0 Å². The second kappa shape index (κ2) is 6.33. The Labute approximate surface area is 169 Å². The fourth-order valence-electron chi connectivity index (χ4n) is 2.93. The minimum Gasteiger partial charge on any atom is -0.294 e. The van der Waals surface area contributed by atoms with E-state index in [1.54, 1.807) is 24.3 Å². The highest BCUT2D eigenvalue weighted by atomic mass is 32.1. The summed E-state index contributed by atoms with van der Waals surface area (Å²) in [6, 6.07) is 6.29. The summed E-state index contributed by atoms with van der Waals surface area (Å²) in [4.78, 5) is 50.1. The standard InChI is InChI=1S/C19H10F2O4S3/c1-7(22)9-3-5-11(26-9)15-13-14(18(25)19(20,21)17(13)24)16(28-15)12-6-4-10(27-12)8(2)23/h3-6H,1-2H3. The maximum Gasteiger partial charge on any atom is 0.371 e. The molecule has 0 aliphatic heterocycles. The number of thiophene rings is 3. The lowest BCUT2D eigenvalue weighted by Crippen LogP contribution is -2.30. The minimum absolute atomic E-state index is 0.179. The highest BCUT2D eigenvalue weighted by molar-refractivity contribution is 7.28. The predicted octanol–water partition coefficient (Wildman–Crippen LogP) is 5.62. The topological polar surface area (TPSA) is 68.3 Å². The average Bonchev–Trinajstić information content (AvgIpc) is 3.37. The van der Waals surface area contributed by atoms with Crippen LogP contribution in [0, 0.1) is 0 Å². The third-order valence-corrected chi connectivity index (χ3v) is 8.21. The van der Waals surface area contributed by atoms with Gasteiger partial charge in [-0.25, -0.2) is 0 Å². The average molecular weight is 436 g/mol. The fourth-order valence-corrected chi connectivity index (χ4v) is 6.26. The van der Waals surface area contributed by atoms with Crippen LogP contribution in [0.2, 0.25) is 0 Å². The number of carbonyl (C=O) groups is 4. The van der Waals surface area contributed by atoms with Crippen molar-refractivity contribution in [3.05, 3.63) is 45.1 Å². The molecule has 3 aromatic heterocycles. The third-order valence-electron chi connectivity index (χ3n) is 4.29. The molecule has 0 amide bonds. The SMILES string of the molecule is CC(=O)c1ccc(-c2sc(-c3ccc(C(C)=O)s3)c3c2C(=O)C(F)(F)C3=O)s1. The van der Waals surface area contributed by atoms with Gasteiger partial charge in [0.05, 0.1) is 30.6 Å². The summed E-state index contributed by atoms with van der Waals surface area (Å²) in [5, 5.41) is 0. The Balaban J connectivity index is 1.97. The number of alkyl halides is 2. The molecule has 0 fully saturated rings. The lowest BCUT2D eigenvalue weighted by Gasteiger charge is -2.05. The zero-order valence-corrected chi connectivity index (χ0v) is 16.9. The fraction of sp³-hybridized carbons (Fsp3) is 0.158. The molecule has 142 valence electrons. The summed E-state index contributed by atoms with van der Waals surface area (Å²) >= 11 is 3.22. The van der Waals surface area contributed by atoms with Crippen molar-refractivity contribution in [3.8, 4) is 19.5 Å². The molecule has 0 atom stereocenters. The van der Waals surface area contributed by atoms with Crippen molar-refractivity contribution in [3.63, 3.8) is 0 Å². The van der Waals surface area contributed by atoms with E-state index in [-0.39, 0.29) is 32.4 Å². The van der Waals surface area contributed by atoms with E-state index in [1.165, 1.54) is 13.8 Å². The van der Waals surface area contributed by atoms with Crippen LogP contribution in [0.5, 0.6) is 0 Å². The van der Waals surface area contributed by atoms with Crippen molar-refractivity contribution < 1.29 is 28.0 Å². The number of Topliss-reactive ketones (excluding diaryl/α,β-unsaturated/α-hetero) is 4. The van der Waals surface area contributed by atoms with Crippen molar-refractivity contribution in [1.29, 1.82) is 0 Å². The zero-order chi connectivity index (χ0) is 20.4. The highest BCUT2D eigenvalue weighted by Gasteiger charge is 2.58. The Morgan fingerprint density at radius 2 is 1.14 bits per heavy atom. The maximum atomic E-state index is 14.2. The van der Waals surface area contributed by atoms with E-state index in [9.17, 15) is 28.0 Å². The molecule has 0 aromatic carbocycles. The van der Waals surface area contributed by atoms with Crippen molar-refractivity contribution in [2.24, 2.45) is 0 Å². The van der Waals surface area contributed by atoms with Crippen LogP contribution in [-0.4, -0.2) is 29.1 Å². The molecule has 4 nitrogen and oxygen atoms in total. The number of carbonyl (C=O) groups excluding carboxylic acids is 4. The summed E-state index contributed by atoms with van der Waals surface area (Å²) in [5.41, 5.74) is -0.602. The van der Waals surface area contributed by atoms with Gasteiger partial charge in [0.1, 0.15) is 0 Å². The molecular formula is C19H10F2O4S3. The molecule has 0 saturated carbocycles. The molecule has 4 rings (SSSR count). The Kier molecular flexibility index (Phi) is 4.29. The number of rotatable bonds is 4. The molecule has 28 heavy (non-hydrogen) atoms. The van der Waals surface area contributed by atoms with E-state index in [1.807, 2.05) is 0 Å². The second-order valence-electron chi connectivity index (χ2n) is 6.18. The van der Waals surface area contributed by atoms with Gasteiger partial charge in [0.25, 0.3) is 0 Å². The molecule has 3 aromatic rings. The number of hydrogen-bond donors (Lipinski definition) is 0. The number of fused-ring (bicyclic) bond motifs is 1. The summed E-state index contributed by atoms with van der Waals surface area (Å²) < 4.78 is 28.4. The van der Waals surface area contributed by atoms with Crippen molar-refractivity contribution >= 4 is 57.1 Å². The van der Waals surface area contributed by atoms with E-state index < -0.39 is 17.5 Å². The first-order valence-corrected chi connectivity index (χ1v) is 10.4. The highest BCUT2D eigenvalue weighted by Crippen LogP contribution is 2.52. The van der Waals surface area contributed by atoms with Crippen LogP contribution < -0.4 is 0 Å². The monoisotopic (exact) mass is 436 g/mol. The van der Waals surface area contributed by atoms with Gasteiger partial charge in [-0.05, 0) is 38.1 Å². The summed E-state index contributed by atoms with van der Waals surface area (Å²) in [6.07, 6.45) is 0. The molecule has 0 saturated heterocycles.